The summed E-state index contributed by atoms with van der Waals surface area (Å²) in [5, 5.41) is 18.1. The van der Waals surface area contributed by atoms with Crippen molar-refractivity contribution in [3.8, 4) is 0 Å². The first-order chi connectivity index (χ1) is 14.2. The van der Waals surface area contributed by atoms with Gasteiger partial charge in [0.05, 0.1) is 20.2 Å². The summed E-state index contributed by atoms with van der Waals surface area (Å²) in [7, 11) is 0. The molecule has 3 aromatic rings. The SMILES string of the molecule is CC(C)c1nn(CC(=O)NC23CCC(O)(CC2)CC3)c(=O)c2cc3sc(Cl)cc3n12. The third-order valence-corrected chi connectivity index (χ3v) is 7.99. The van der Waals surface area contributed by atoms with Crippen molar-refractivity contribution in [3.05, 3.63) is 32.6 Å². The maximum atomic E-state index is 13.1. The lowest BCUT2D eigenvalue weighted by atomic mass is 9.63. The van der Waals surface area contributed by atoms with Crippen LogP contribution in [0.2, 0.25) is 4.34 Å². The Morgan fingerprint density at radius 2 is 1.90 bits per heavy atom. The Balaban J connectivity index is 1.48. The van der Waals surface area contributed by atoms with Crippen LogP contribution in [0.4, 0.5) is 0 Å². The molecule has 0 atom stereocenters. The van der Waals surface area contributed by atoms with Crippen LogP contribution in [0.1, 0.15) is 64.1 Å². The number of hydrogen-bond acceptors (Lipinski definition) is 5. The van der Waals surface area contributed by atoms with E-state index in [2.05, 4.69) is 10.4 Å². The van der Waals surface area contributed by atoms with Crippen molar-refractivity contribution < 1.29 is 9.90 Å². The first-order valence-electron chi connectivity index (χ1n) is 10.4. The summed E-state index contributed by atoms with van der Waals surface area (Å²) in [5.74, 6) is 0.581. The van der Waals surface area contributed by atoms with Gasteiger partial charge < -0.3 is 10.4 Å². The van der Waals surface area contributed by atoms with Crippen molar-refractivity contribution in [1.29, 1.82) is 0 Å². The molecule has 160 valence electrons. The van der Waals surface area contributed by atoms with Gasteiger partial charge in [-0.25, -0.2) is 4.68 Å². The molecule has 2 bridgehead atoms. The Labute approximate surface area is 182 Å². The average Bonchev–Trinajstić information content (AvgIpc) is 3.21. The van der Waals surface area contributed by atoms with E-state index in [0.717, 1.165) is 54.6 Å². The minimum absolute atomic E-state index is 0.0599. The molecule has 3 aromatic heterocycles. The monoisotopic (exact) mass is 448 g/mol. The van der Waals surface area contributed by atoms with Crippen molar-refractivity contribution in [1.82, 2.24) is 19.5 Å². The molecule has 1 amide bonds. The summed E-state index contributed by atoms with van der Waals surface area (Å²) in [5.41, 5.74) is 0.296. The summed E-state index contributed by atoms with van der Waals surface area (Å²) < 4.78 is 4.74. The van der Waals surface area contributed by atoms with E-state index in [0.29, 0.717) is 9.85 Å². The van der Waals surface area contributed by atoms with Gasteiger partial charge in [0, 0.05) is 11.5 Å². The minimum atomic E-state index is -0.549. The van der Waals surface area contributed by atoms with Crippen molar-refractivity contribution in [2.45, 2.75) is 76.0 Å². The highest BCUT2D eigenvalue weighted by molar-refractivity contribution is 7.22. The zero-order valence-electron chi connectivity index (χ0n) is 17.1. The number of thiophene rings is 1. The number of fused-ring (bicyclic) bond motifs is 6. The van der Waals surface area contributed by atoms with Crippen LogP contribution in [0.25, 0.3) is 15.7 Å². The minimum Gasteiger partial charge on any atom is -0.390 e. The molecular weight excluding hydrogens is 424 g/mol. The zero-order chi connectivity index (χ0) is 21.3. The molecule has 3 heterocycles. The van der Waals surface area contributed by atoms with Crippen molar-refractivity contribution in [3.63, 3.8) is 0 Å². The highest BCUT2D eigenvalue weighted by Gasteiger charge is 2.48. The molecule has 0 aliphatic heterocycles. The number of aromatic nitrogens is 3. The first kappa shape index (κ1) is 20.0. The smallest absolute Gasteiger partial charge is 0.291 e. The Morgan fingerprint density at radius 1 is 1.23 bits per heavy atom. The second kappa shape index (κ2) is 6.80. The van der Waals surface area contributed by atoms with E-state index >= 15 is 0 Å². The summed E-state index contributed by atoms with van der Waals surface area (Å²) in [6, 6.07) is 3.68. The number of hydrogen-bond donors (Lipinski definition) is 2. The molecular formula is C21H25ClN4O3S. The van der Waals surface area contributed by atoms with Crippen LogP contribution in [0, 0.1) is 0 Å². The Hall–Kier alpha value is -1.90. The number of nitrogens with one attached hydrogen (secondary N) is 1. The predicted molar refractivity (Wildman–Crippen MR) is 117 cm³/mol. The standard InChI is InChI=1S/C21H25ClN4O3S/c1-12(2)18-24-25(19(28)14-9-15-13(26(14)18)10-16(22)30-15)11-17(27)23-20-3-6-21(29,7-4-20)8-5-20/h9-10,12,29H,3-8,11H2,1-2H3,(H,23,27). The van der Waals surface area contributed by atoms with Crippen LogP contribution in [0.15, 0.2) is 16.9 Å². The van der Waals surface area contributed by atoms with Crippen LogP contribution >= 0.6 is 22.9 Å². The topological polar surface area (TPSA) is 88.6 Å². The highest BCUT2D eigenvalue weighted by Crippen LogP contribution is 2.46. The van der Waals surface area contributed by atoms with E-state index in [1.807, 2.05) is 30.4 Å². The fourth-order valence-electron chi connectivity index (χ4n) is 5.02. The van der Waals surface area contributed by atoms with E-state index in [-0.39, 0.29) is 29.5 Å². The lowest BCUT2D eigenvalue weighted by Gasteiger charge is -2.51. The third kappa shape index (κ3) is 3.16. The number of nitrogens with zero attached hydrogens (tertiary/aromatic N) is 3. The molecule has 7 nitrogen and oxygen atoms in total. The molecule has 0 radical (unpaired) electrons. The summed E-state index contributed by atoms with van der Waals surface area (Å²) in [6.07, 6.45) is 4.51. The summed E-state index contributed by atoms with van der Waals surface area (Å²) in [6.45, 7) is 3.92. The van der Waals surface area contributed by atoms with Crippen molar-refractivity contribution >= 4 is 44.6 Å². The number of rotatable bonds is 4. The molecule has 0 spiro atoms. The molecule has 2 N–H and O–H groups in total. The van der Waals surface area contributed by atoms with Gasteiger partial charge in [0.15, 0.2) is 0 Å². The van der Waals surface area contributed by atoms with Crippen LogP contribution < -0.4 is 10.9 Å². The third-order valence-electron chi connectivity index (χ3n) is 6.79. The molecule has 6 rings (SSSR count). The molecule has 0 aromatic carbocycles. The van der Waals surface area contributed by atoms with Gasteiger partial charge in [-0.05, 0) is 50.7 Å². The largest absolute Gasteiger partial charge is 0.390 e. The van der Waals surface area contributed by atoms with E-state index in [1.165, 1.54) is 16.0 Å². The second-order valence-electron chi connectivity index (χ2n) is 9.19. The lowest BCUT2D eigenvalue weighted by Crippen LogP contribution is -2.59. The van der Waals surface area contributed by atoms with E-state index in [9.17, 15) is 14.7 Å². The Kier molecular flexibility index (Phi) is 4.54. The van der Waals surface area contributed by atoms with Gasteiger partial charge >= 0.3 is 0 Å². The maximum absolute atomic E-state index is 13.1. The highest BCUT2D eigenvalue weighted by atomic mass is 35.5. The molecule has 0 unspecified atom stereocenters. The van der Waals surface area contributed by atoms with Gasteiger partial charge in [0.25, 0.3) is 5.56 Å². The second-order valence-corrected chi connectivity index (χ2v) is 10.9. The normalized spacial score (nSPS) is 26.2. The quantitative estimate of drug-likeness (QED) is 0.639. The van der Waals surface area contributed by atoms with Crippen molar-refractivity contribution in [2.24, 2.45) is 0 Å². The molecule has 9 heteroatoms. The molecule has 3 saturated carbocycles. The first-order valence-corrected chi connectivity index (χ1v) is 11.6. The van der Waals surface area contributed by atoms with Gasteiger partial charge in [-0.1, -0.05) is 25.4 Å². The molecule has 3 aliphatic rings. The Morgan fingerprint density at radius 3 is 2.53 bits per heavy atom. The van der Waals surface area contributed by atoms with Gasteiger partial charge in [0.2, 0.25) is 5.91 Å². The fraction of sp³-hybridized carbons (Fsp3) is 0.571. The van der Waals surface area contributed by atoms with Crippen LogP contribution in [-0.2, 0) is 11.3 Å². The predicted octanol–water partition coefficient (Wildman–Crippen LogP) is 3.44. The Bertz CT molecular complexity index is 1200. The van der Waals surface area contributed by atoms with Gasteiger partial charge in [0.1, 0.15) is 17.9 Å². The summed E-state index contributed by atoms with van der Waals surface area (Å²) >= 11 is 7.59. The average molecular weight is 449 g/mol. The van der Waals surface area contributed by atoms with E-state index in [4.69, 9.17) is 11.6 Å². The number of amides is 1. The molecule has 0 saturated heterocycles. The van der Waals surface area contributed by atoms with Crippen LogP contribution in [0.5, 0.6) is 0 Å². The fourth-order valence-corrected chi connectivity index (χ4v) is 6.18. The van der Waals surface area contributed by atoms with Gasteiger partial charge in [-0.2, -0.15) is 5.10 Å². The zero-order valence-corrected chi connectivity index (χ0v) is 18.6. The number of carbonyl (C=O) groups is 1. The van der Waals surface area contributed by atoms with Gasteiger partial charge in [-0.3, -0.25) is 14.0 Å². The number of aliphatic hydroxyl groups is 1. The molecule has 3 aliphatic carbocycles. The lowest BCUT2D eigenvalue weighted by molar-refractivity contribution is -0.129. The molecule has 3 fully saturated rings. The number of carbonyl (C=O) groups excluding carboxylic acids is 1. The summed E-state index contributed by atoms with van der Waals surface area (Å²) in [4.78, 5) is 26.0. The molecule has 30 heavy (non-hydrogen) atoms. The van der Waals surface area contributed by atoms with E-state index < -0.39 is 5.60 Å². The van der Waals surface area contributed by atoms with Crippen LogP contribution in [0.3, 0.4) is 0 Å². The van der Waals surface area contributed by atoms with Crippen LogP contribution in [-0.4, -0.2) is 36.3 Å². The van der Waals surface area contributed by atoms with Gasteiger partial charge in [-0.15, -0.1) is 11.3 Å². The van der Waals surface area contributed by atoms with E-state index in [1.54, 1.807) is 0 Å². The maximum Gasteiger partial charge on any atom is 0.291 e. The number of halogens is 1. The van der Waals surface area contributed by atoms with Crippen molar-refractivity contribution in [2.75, 3.05) is 0 Å².